The molecule has 0 bridgehead atoms. The molecule has 0 radical (unpaired) electrons. The molecule has 1 fully saturated rings. The van der Waals surface area contributed by atoms with Crippen molar-refractivity contribution in [2.24, 2.45) is 4.99 Å². The molecule has 1 aromatic carbocycles. The Morgan fingerprint density at radius 1 is 1.12 bits per heavy atom. The number of nitrogens with one attached hydrogen (secondary N) is 2. The summed E-state index contributed by atoms with van der Waals surface area (Å²) in [6.45, 7) is 9.01. The van der Waals surface area contributed by atoms with E-state index < -0.39 is 0 Å². The maximum atomic E-state index is 12.4. The SMILES string of the molecule is CCCNC(=NCC(=O)N1CCN(c2ccc(Cl)cc2)CC1)NCC. The van der Waals surface area contributed by atoms with Crippen molar-refractivity contribution in [2.45, 2.75) is 20.3 Å². The molecule has 1 amide bonds. The molecule has 1 aromatic rings. The third-order valence-electron chi connectivity index (χ3n) is 4.08. The average molecular weight is 366 g/mol. The number of hydrogen-bond acceptors (Lipinski definition) is 3. The summed E-state index contributed by atoms with van der Waals surface area (Å²) in [4.78, 5) is 20.9. The summed E-state index contributed by atoms with van der Waals surface area (Å²) in [6.07, 6.45) is 1.02. The zero-order valence-electron chi connectivity index (χ0n) is 15.1. The molecule has 1 heterocycles. The van der Waals surface area contributed by atoms with Gasteiger partial charge >= 0.3 is 0 Å². The van der Waals surface area contributed by atoms with Gasteiger partial charge in [-0.25, -0.2) is 4.99 Å². The van der Waals surface area contributed by atoms with Gasteiger partial charge in [0, 0.05) is 50.0 Å². The van der Waals surface area contributed by atoms with E-state index in [0.29, 0.717) is 5.96 Å². The predicted molar refractivity (Wildman–Crippen MR) is 105 cm³/mol. The fraction of sp³-hybridized carbons (Fsp3) is 0.556. The van der Waals surface area contributed by atoms with Gasteiger partial charge in [0.25, 0.3) is 0 Å². The molecule has 1 aliphatic heterocycles. The van der Waals surface area contributed by atoms with E-state index >= 15 is 0 Å². The van der Waals surface area contributed by atoms with E-state index in [-0.39, 0.29) is 12.5 Å². The van der Waals surface area contributed by atoms with Gasteiger partial charge in [-0.3, -0.25) is 4.79 Å². The number of carbonyl (C=O) groups excluding carboxylic acids is 1. The number of amides is 1. The van der Waals surface area contributed by atoms with Crippen molar-refractivity contribution in [1.82, 2.24) is 15.5 Å². The standard InChI is InChI=1S/C18H28ClN5O/c1-3-9-21-18(20-4-2)22-14-17(25)24-12-10-23(11-13-24)16-7-5-15(19)6-8-16/h5-8H,3-4,9-14H2,1-2H3,(H2,20,21,22). The van der Waals surface area contributed by atoms with E-state index in [9.17, 15) is 4.79 Å². The van der Waals surface area contributed by atoms with Crippen molar-refractivity contribution in [3.63, 3.8) is 0 Å². The summed E-state index contributed by atoms with van der Waals surface area (Å²) in [5.74, 6) is 0.780. The van der Waals surface area contributed by atoms with E-state index in [1.165, 1.54) is 0 Å². The topological polar surface area (TPSA) is 60.0 Å². The molecule has 0 unspecified atom stereocenters. The Hall–Kier alpha value is -1.95. The number of rotatable bonds is 6. The minimum atomic E-state index is 0.0736. The summed E-state index contributed by atoms with van der Waals surface area (Å²) in [7, 11) is 0. The van der Waals surface area contributed by atoms with Crippen molar-refractivity contribution < 1.29 is 4.79 Å². The molecular weight excluding hydrogens is 338 g/mol. The predicted octanol–water partition coefficient (Wildman–Crippen LogP) is 1.95. The van der Waals surface area contributed by atoms with Crippen LogP contribution < -0.4 is 15.5 Å². The van der Waals surface area contributed by atoms with Gasteiger partial charge in [0.1, 0.15) is 6.54 Å². The molecular formula is C18H28ClN5O. The lowest BCUT2D eigenvalue weighted by Crippen LogP contribution is -2.49. The number of halogens is 1. The van der Waals surface area contributed by atoms with Gasteiger partial charge in [0.2, 0.25) is 5.91 Å². The Morgan fingerprint density at radius 2 is 1.80 bits per heavy atom. The van der Waals surface area contributed by atoms with Crippen LogP contribution in [-0.2, 0) is 4.79 Å². The number of carbonyl (C=O) groups is 1. The van der Waals surface area contributed by atoms with Crippen LogP contribution in [0.5, 0.6) is 0 Å². The van der Waals surface area contributed by atoms with Gasteiger partial charge in [-0.05, 0) is 37.6 Å². The zero-order chi connectivity index (χ0) is 18.1. The van der Waals surface area contributed by atoms with Crippen LogP contribution in [-0.4, -0.2) is 62.6 Å². The van der Waals surface area contributed by atoms with Crippen molar-refractivity contribution in [3.05, 3.63) is 29.3 Å². The second-order valence-corrected chi connectivity index (χ2v) is 6.40. The lowest BCUT2D eigenvalue weighted by molar-refractivity contribution is -0.129. The molecule has 0 aromatic heterocycles. The van der Waals surface area contributed by atoms with E-state index in [4.69, 9.17) is 11.6 Å². The molecule has 1 saturated heterocycles. The molecule has 0 spiro atoms. The second-order valence-electron chi connectivity index (χ2n) is 5.97. The minimum Gasteiger partial charge on any atom is -0.368 e. The summed E-state index contributed by atoms with van der Waals surface area (Å²) in [5.41, 5.74) is 1.15. The number of anilines is 1. The molecule has 2 rings (SSSR count). The highest BCUT2D eigenvalue weighted by Crippen LogP contribution is 2.19. The van der Waals surface area contributed by atoms with Crippen LogP contribution in [0.3, 0.4) is 0 Å². The molecule has 138 valence electrons. The average Bonchev–Trinajstić information content (AvgIpc) is 2.64. The number of piperazine rings is 1. The lowest BCUT2D eigenvalue weighted by Gasteiger charge is -2.36. The highest BCUT2D eigenvalue weighted by atomic mass is 35.5. The van der Waals surface area contributed by atoms with Gasteiger partial charge in [0.15, 0.2) is 5.96 Å². The molecule has 7 heteroatoms. The van der Waals surface area contributed by atoms with Gasteiger partial charge < -0.3 is 20.4 Å². The quantitative estimate of drug-likeness (QED) is 0.597. The lowest BCUT2D eigenvalue weighted by atomic mass is 10.2. The first-order valence-electron chi connectivity index (χ1n) is 8.94. The summed E-state index contributed by atoms with van der Waals surface area (Å²) in [5, 5.41) is 7.11. The van der Waals surface area contributed by atoms with Crippen molar-refractivity contribution >= 4 is 29.2 Å². The number of aliphatic imine (C=N–C) groups is 1. The van der Waals surface area contributed by atoms with Gasteiger partial charge in [-0.1, -0.05) is 18.5 Å². The maximum absolute atomic E-state index is 12.4. The van der Waals surface area contributed by atoms with E-state index in [1.807, 2.05) is 36.1 Å². The van der Waals surface area contributed by atoms with Crippen LogP contribution in [0.2, 0.25) is 5.02 Å². The van der Waals surface area contributed by atoms with Crippen LogP contribution >= 0.6 is 11.6 Å². The Bertz CT molecular complexity index is 567. The van der Waals surface area contributed by atoms with Gasteiger partial charge in [-0.15, -0.1) is 0 Å². The smallest absolute Gasteiger partial charge is 0.244 e. The largest absolute Gasteiger partial charge is 0.368 e. The Kier molecular flexibility index (Phi) is 7.85. The fourth-order valence-electron chi connectivity index (χ4n) is 2.70. The van der Waals surface area contributed by atoms with Crippen molar-refractivity contribution in [3.8, 4) is 0 Å². The molecule has 2 N–H and O–H groups in total. The van der Waals surface area contributed by atoms with E-state index in [1.54, 1.807) is 0 Å². The highest BCUT2D eigenvalue weighted by Gasteiger charge is 2.21. The Balaban J connectivity index is 1.82. The van der Waals surface area contributed by atoms with Gasteiger partial charge in [0.05, 0.1) is 0 Å². The third kappa shape index (κ3) is 6.12. The zero-order valence-corrected chi connectivity index (χ0v) is 15.9. The van der Waals surface area contributed by atoms with E-state index in [2.05, 4.69) is 27.4 Å². The molecule has 0 saturated carbocycles. The van der Waals surface area contributed by atoms with Crippen LogP contribution in [0.1, 0.15) is 20.3 Å². The number of nitrogens with zero attached hydrogens (tertiary/aromatic N) is 3. The number of guanidine groups is 1. The first kappa shape index (κ1) is 19.4. The first-order valence-corrected chi connectivity index (χ1v) is 9.32. The maximum Gasteiger partial charge on any atom is 0.244 e. The van der Waals surface area contributed by atoms with Gasteiger partial charge in [-0.2, -0.15) is 0 Å². The highest BCUT2D eigenvalue weighted by molar-refractivity contribution is 6.30. The van der Waals surface area contributed by atoms with Crippen LogP contribution in [0.25, 0.3) is 0 Å². The van der Waals surface area contributed by atoms with Crippen LogP contribution in [0.4, 0.5) is 5.69 Å². The first-order chi connectivity index (χ1) is 12.1. The summed E-state index contributed by atoms with van der Waals surface area (Å²) in [6, 6.07) is 7.84. The Morgan fingerprint density at radius 3 is 2.40 bits per heavy atom. The van der Waals surface area contributed by atoms with Crippen molar-refractivity contribution in [2.75, 3.05) is 50.7 Å². The van der Waals surface area contributed by atoms with E-state index in [0.717, 1.165) is 56.4 Å². The normalized spacial score (nSPS) is 15.2. The number of benzene rings is 1. The molecule has 0 aliphatic carbocycles. The monoisotopic (exact) mass is 365 g/mol. The fourth-order valence-corrected chi connectivity index (χ4v) is 2.82. The summed E-state index contributed by atoms with van der Waals surface area (Å²) < 4.78 is 0. The Labute approximate surface area is 155 Å². The van der Waals surface area contributed by atoms with Crippen LogP contribution in [0, 0.1) is 0 Å². The van der Waals surface area contributed by atoms with Crippen LogP contribution in [0.15, 0.2) is 29.3 Å². The minimum absolute atomic E-state index is 0.0736. The third-order valence-corrected chi connectivity index (χ3v) is 4.34. The molecule has 25 heavy (non-hydrogen) atoms. The molecule has 1 aliphatic rings. The second kappa shape index (κ2) is 10.1. The molecule has 0 atom stereocenters. The molecule has 6 nitrogen and oxygen atoms in total. The summed E-state index contributed by atoms with van der Waals surface area (Å²) >= 11 is 5.94. The van der Waals surface area contributed by atoms with Crippen molar-refractivity contribution in [1.29, 1.82) is 0 Å². The number of hydrogen-bond donors (Lipinski definition) is 2.